The molecule has 0 unspecified atom stereocenters. The van der Waals surface area contributed by atoms with Crippen LogP contribution in [-0.2, 0) is 19.6 Å². The lowest BCUT2D eigenvalue weighted by Crippen LogP contribution is -2.33. The van der Waals surface area contributed by atoms with E-state index in [1.807, 2.05) is 25.1 Å². The van der Waals surface area contributed by atoms with Crippen LogP contribution in [0, 0.1) is 13.8 Å². The highest BCUT2D eigenvalue weighted by Gasteiger charge is 2.24. The normalized spacial score (nSPS) is 14.5. The van der Waals surface area contributed by atoms with Gasteiger partial charge in [-0.05, 0) is 55.6 Å². The first-order valence-corrected chi connectivity index (χ1v) is 10.0. The third-order valence-electron chi connectivity index (χ3n) is 5.35. The molecule has 0 aliphatic carbocycles. The van der Waals surface area contributed by atoms with Crippen molar-refractivity contribution in [3.8, 4) is 5.75 Å². The number of benzene rings is 1. The molecule has 0 amide bonds. The van der Waals surface area contributed by atoms with E-state index in [1.165, 1.54) is 10.4 Å². The Hall–Kier alpha value is -2.38. The van der Waals surface area contributed by atoms with Gasteiger partial charge in [0, 0.05) is 18.0 Å². The highest BCUT2D eigenvalue weighted by Crippen LogP contribution is 2.32. The topological polar surface area (TPSA) is 73.4 Å². The first-order valence-electron chi connectivity index (χ1n) is 9.21. The molecule has 0 saturated carbocycles. The van der Waals surface area contributed by atoms with Crippen molar-refractivity contribution >= 4 is 21.6 Å². The second-order valence-corrected chi connectivity index (χ2v) is 8.12. The SMILES string of the molecule is CCN1CCc2c(sc3nc(COc4ccc(C)c(C)c4)n(N)c(=O)c23)C1. The summed E-state index contributed by atoms with van der Waals surface area (Å²) in [6.45, 7) is 9.28. The molecule has 7 heteroatoms. The van der Waals surface area contributed by atoms with Crippen LogP contribution in [0.25, 0.3) is 10.2 Å². The average Bonchev–Trinajstić information content (AvgIpc) is 3.03. The van der Waals surface area contributed by atoms with Gasteiger partial charge in [0.1, 0.15) is 17.2 Å². The number of nitrogen functional groups attached to an aromatic ring is 1. The van der Waals surface area contributed by atoms with Crippen LogP contribution in [-0.4, -0.2) is 27.6 Å². The van der Waals surface area contributed by atoms with Crippen molar-refractivity contribution in [1.29, 1.82) is 0 Å². The summed E-state index contributed by atoms with van der Waals surface area (Å²) >= 11 is 1.60. The monoisotopic (exact) mass is 384 g/mol. The number of nitrogens with zero attached hydrogens (tertiary/aromatic N) is 3. The molecule has 3 aromatic rings. The molecule has 27 heavy (non-hydrogen) atoms. The minimum atomic E-state index is -0.180. The summed E-state index contributed by atoms with van der Waals surface area (Å²) in [6, 6.07) is 5.92. The van der Waals surface area contributed by atoms with Crippen molar-refractivity contribution in [1.82, 2.24) is 14.6 Å². The molecule has 0 radical (unpaired) electrons. The molecule has 0 atom stereocenters. The number of aryl methyl sites for hydroxylation is 2. The standard InChI is InChI=1S/C20H24N4O2S/c1-4-23-8-7-15-16(10-23)27-19-18(15)20(25)24(21)17(22-19)11-26-14-6-5-12(2)13(3)9-14/h5-6,9H,4,7-8,10-11,21H2,1-3H3. The summed E-state index contributed by atoms with van der Waals surface area (Å²) in [5, 5.41) is 0.684. The van der Waals surface area contributed by atoms with Crippen LogP contribution in [0.15, 0.2) is 23.0 Å². The molecular formula is C20H24N4O2S. The van der Waals surface area contributed by atoms with Gasteiger partial charge in [-0.3, -0.25) is 9.69 Å². The van der Waals surface area contributed by atoms with Crippen molar-refractivity contribution in [2.24, 2.45) is 0 Å². The Morgan fingerprint density at radius 3 is 2.85 bits per heavy atom. The number of nitrogens with two attached hydrogens (primary N) is 1. The van der Waals surface area contributed by atoms with Gasteiger partial charge < -0.3 is 10.6 Å². The minimum absolute atomic E-state index is 0.161. The van der Waals surface area contributed by atoms with E-state index in [4.69, 9.17) is 10.6 Å². The molecule has 3 heterocycles. The maximum atomic E-state index is 12.9. The van der Waals surface area contributed by atoms with Crippen LogP contribution < -0.4 is 16.1 Å². The highest BCUT2D eigenvalue weighted by molar-refractivity contribution is 7.18. The Morgan fingerprint density at radius 2 is 2.11 bits per heavy atom. The largest absolute Gasteiger partial charge is 0.486 e. The van der Waals surface area contributed by atoms with Crippen LogP contribution in [0.3, 0.4) is 0 Å². The van der Waals surface area contributed by atoms with Gasteiger partial charge in [0.25, 0.3) is 5.56 Å². The van der Waals surface area contributed by atoms with Gasteiger partial charge in [-0.25, -0.2) is 9.66 Å². The molecule has 4 rings (SSSR count). The second kappa shape index (κ2) is 6.98. The molecule has 0 spiro atoms. The number of hydrogen-bond acceptors (Lipinski definition) is 6. The first kappa shape index (κ1) is 18.0. The van der Waals surface area contributed by atoms with Crippen molar-refractivity contribution in [2.75, 3.05) is 18.9 Å². The zero-order valence-corrected chi connectivity index (χ0v) is 16.7. The molecule has 2 aromatic heterocycles. The molecule has 142 valence electrons. The summed E-state index contributed by atoms with van der Waals surface area (Å²) in [5.41, 5.74) is 3.31. The molecule has 0 bridgehead atoms. The lowest BCUT2D eigenvalue weighted by atomic mass is 10.1. The summed E-state index contributed by atoms with van der Waals surface area (Å²) < 4.78 is 6.98. The molecule has 0 fully saturated rings. The Balaban J connectivity index is 1.67. The third kappa shape index (κ3) is 3.21. The fraction of sp³-hybridized carbons (Fsp3) is 0.400. The number of rotatable bonds is 4. The molecule has 2 N–H and O–H groups in total. The lowest BCUT2D eigenvalue weighted by Gasteiger charge is -2.24. The van der Waals surface area contributed by atoms with Crippen molar-refractivity contribution in [3.05, 3.63) is 55.9 Å². The zero-order valence-electron chi connectivity index (χ0n) is 15.9. The lowest BCUT2D eigenvalue weighted by molar-refractivity contribution is 0.272. The number of ether oxygens (including phenoxy) is 1. The number of thiophene rings is 1. The Morgan fingerprint density at radius 1 is 1.30 bits per heavy atom. The predicted molar refractivity (Wildman–Crippen MR) is 109 cm³/mol. The van der Waals surface area contributed by atoms with Crippen LogP contribution in [0.2, 0.25) is 0 Å². The molecule has 1 aromatic carbocycles. The van der Waals surface area contributed by atoms with Gasteiger partial charge in [-0.1, -0.05) is 13.0 Å². The Bertz CT molecular complexity index is 1070. The van der Waals surface area contributed by atoms with Gasteiger partial charge in [-0.15, -0.1) is 11.3 Å². The number of aromatic nitrogens is 2. The van der Waals surface area contributed by atoms with Gasteiger partial charge in [-0.2, -0.15) is 0 Å². The van der Waals surface area contributed by atoms with Crippen molar-refractivity contribution in [2.45, 2.75) is 40.3 Å². The quantitative estimate of drug-likeness (QED) is 0.700. The zero-order chi connectivity index (χ0) is 19.1. The maximum absolute atomic E-state index is 12.9. The number of fused-ring (bicyclic) bond motifs is 3. The Labute approximate surface area is 162 Å². The van der Waals surface area contributed by atoms with E-state index in [0.717, 1.165) is 52.4 Å². The predicted octanol–water partition coefficient (Wildman–Crippen LogP) is 2.75. The fourth-order valence-corrected chi connectivity index (χ4v) is 4.74. The van der Waals surface area contributed by atoms with Gasteiger partial charge in [0.2, 0.25) is 0 Å². The summed E-state index contributed by atoms with van der Waals surface area (Å²) in [7, 11) is 0. The van der Waals surface area contributed by atoms with E-state index < -0.39 is 0 Å². The third-order valence-corrected chi connectivity index (χ3v) is 6.46. The van der Waals surface area contributed by atoms with Gasteiger partial charge >= 0.3 is 0 Å². The van der Waals surface area contributed by atoms with Gasteiger partial charge in [0.05, 0.1) is 5.39 Å². The van der Waals surface area contributed by atoms with E-state index in [9.17, 15) is 4.79 Å². The van der Waals surface area contributed by atoms with Crippen LogP contribution in [0.5, 0.6) is 5.75 Å². The highest BCUT2D eigenvalue weighted by atomic mass is 32.1. The van der Waals surface area contributed by atoms with E-state index >= 15 is 0 Å². The van der Waals surface area contributed by atoms with Crippen LogP contribution >= 0.6 is 11.3 Å². The first-order chi connectivity index (χ1) is 13.0. The molecule has 6 nitrogen and oxygen atoms in total. The summed E-state index contributed by atoms with van der Waals surface area (Å²) in [5.74, 6) is 7.26. The number of likely N-dealkylation sites (N-methyl/N-ethyl adjacent to an activating group) is 1. The van der Waals surface area contributed by atoms with Crippen LogP contribution in [0.4, 0.5) is 0 Å². The van der Waals surface area contributed by atoms with Crippen LogP contribution in [0.1, 0.15) is 34.3 Å². The Kier molecular flexibility index (Phi) is 4.65. The van der Waals surface area contributed by atoms with E-state index in [0.29, 0.717) is 11.2 Å². The maximum Gasteiger partial charge on any atom is 0.281 e. The molecular weight excluding hydrogens is 360 g/mol. The van der Waals surface area contributed by atoms with E-state index in [1.54, 1.807) is 11.3 Å². The average molecular weight is 385 g/mol. The summed E-state index contributed by atoms with van der Waals surface area (Å²) in [6.07, 6.45) is 0.874. The second-order valence-electron chi connectivity index (χ2n) is 7.04. The summed E-state index contributed by atoms with van der Waals surface area (Å²) in [4.78, 5) is 21.9. The van der Waals surface area contributed by atoms with Crippen molar-refractivity contribution < 1.29 is 4.74 Å². The smallest absolute Gasteiger partial charge is 0.281 e. The fourth-order valence-electron chi connectivity index (χ4n) is 3.47. The van der Waals surface area contributed by atoms with Gasteiger partial charge in [0.15, 0.2) is 5.82 Å². The number of hydrogen-bond donors (Lipinski definition) is 1. The molecule has 1 aliphatic heterocycles. The molecule has 0 saturated heterocycles. The van der Waals surface area contributed by atoms with E-state index in [-0.39, 0.29) is 12.2 Å². The van der Waals surface area contributed by atoms with Crippen molar-refractivity contribution in [3.63, 3.8) is 0 Å². The minimum Gasteiger partial charge on any atom is -0.486 e. The van der Waals surface area contributed by atoms with E-state index in [2.05, 4.69) is 23.7 Å². The molecule has 1 aliphatic rings.